The lowest BCUT2D eigenvalue weighted by Gasteiger charge is -2.37. The number of carboxylic acids is 1. The van der Waals surface area contributed by atoms with Crippen LogP contribution in [0.25, 0.3) is 0 Å². The molecule has 1 aliphatic rings. The molecule has 0 aliphatic heterocycles. The van der Waals surface area contributed by atoms with Gasteiger partial charge in [0.2, 0.25) is 0 Å². The number of carboxylic acid groups (broad SMARTS) is 1. The van der Waals surface area contributed by atoms with E-state index in [0.717, 1.165) is 18.5 Å². The molecule has 3 nitrogen and oxygen atoms in total. The highest BCUT2D eigenvalue weighted by molar-refractivity contribution is 9.10. The maximum Gasteiger partial charge on any atom is 0.335 e. The van der Waals surface area contributed by atoms with Gasteiger partial charge in [0.1, 0.15) is 0 Å². The van der Waals surface area contributed by atoms with Gasteiger partial charge in [0.15, 0.2) is 0 Å². The van der Waals surface area contributed by atoms with E-state index in [1.807, 2.05) is 18.2 Å². The van der Waals surface area contributed by atoms with Gasteiger partial charge in [-0.1, -0.05) is 34.1 Å². The fourth-order valence-corrected chi connectivity index (χ4v) is 3.35. The summed E-state index contributed by atoms with van der Waals surface area (Å²) in [4.78, 5) is 10.8. The maximum absolute atomic E-state index is 10.8. The Morgan fingerprint density at radius 3 is 2.38 bits per heavy atom. The Kier molecular flexibility index (Phi) is 3.97. The smallest absolute Gasteiger partial charge is 0.335 e. The molecule has 2 N–H and O–H groups in total. The lowest BCUT2D eigenvalue weighted by Crippen LogP contribution is -2.34. The predicted octanol–water partition coefficient (Wildman–Crippen LogP) is 4.51. The molecule has 0 amide bonds. The zero-order valence-corrected chi connectivity index (χ0v) is 13.0. The van der Waals surface area contributed by atoms with Gasteiger partial charge in [-0.05, 0) is 54.7 Å². The van der Waals surface area contributed by atoms with Crippen molar-refractivity contribution in [2.24, 2.45) is 0 Å². The van der Waals surface area contributed by atoms with Crippen molar-refractivity contribution < 1.29 is 9.90 Å². The highest BCUT2D eigenvalue weighted by atomic mass is 79.9. The first-order valence-electron chi connectivity index (χ1n) is 6.98. The average molecular weight is 346 g/mol. The Morgan fingerprint density at radius 2 is 1.76 bits per heavy atom. The van der Waals surface area contributed by atoms with E-state index < -0.39 is 5.97 Å². The summed E-state index contributed by atoms with van der Waals surface area (Å²) in [7, 11) is 0. The Labute approximate surface area is 132 Å². The van der Waals surface area contributed by atoms with E-state index in [9.17, 15) is 4.79 Å². The van der Waals surface area contributed by atoms with Crippen LogP contribution in [0.4, 0.5) is 5.69 Å². The molecule has 0 bridgehead atoms. The third-order valence-electron chi connectivity index (χ3n) is 3.99. The molecule has 2 aromatic rings. The predicted molar refractivity (Wildman–Crippen MR) is 86.9 cm³/mol. The molecule has 108 valence electrons. The molecule has 21 heavy (non-hydrogen) atoms. The molecule has 1 fully saturated rings. The minimum absolute atomic E-state index is 0.320. The van der Waals surface area contributed by atoms with Gasteiger partial charge in [-0.25, -0.2) is 4.79 Å². The largest absolute Gasteiger partial charge is 0.478 e. The number of hydrogen-bond acceptors (Lipinski definition) is 2. The van der Waals surface area contributed by atoms with Gasteiger partial charge in [-0.2, -0.15) is 0 Å². The molecule has 1 aliphatic carbocycles. The van der Waals surface area contributed by atoms with Crippen molar-refractivity contribution in [1.29, 1.82) is 0 Å². The van der Waals surface area contributed by atoms with Crippen LogP contribution < -0.4 is 5.32 Å². The van der Waals surface area contributed by atoms with Crippen molar-refractivity contribution in [3.63, 3.8) is 0 Å². The number of rotatable bonds is 4. The van der Waals surface area contributed by atoms with Crippen LogP contribution in [-0.4, -0.2) is 17.1 Å². The first-order valence-corrected chi connectivity index (χ1v) is 7.77. The van der Waals surface area contributed by atoms with Crippen molar-refractivity contribution in [2.75, 3.05) is 5.32 Å². The SMILES string of the molecule is O=C(O)c1ccc(NC2CC(c3ccccc3Br)C2)cc1. The molecule has 0 atom stereocenters. The molecule has 0 spiro atoms. The minimum Gasteiger partial charge on any atom is -0.478 e. The van der Waals surface area contributed by atoms with E-state index in [4.69, 9.17) is 5.11 Å². The fraction of sp³-hybridized carbons (Fsp3) is 0.235. The summed E-state index contributed by atoms with van der Waals surface area (Å²) in [6.07, 6.45) is 2.20. The molecule has 0 unspecified atom stereocenters. The summed E-state index contributed by atoms with van der Waals surface area (Å²) < 4.78 is 1.18. The van der Waals surface area contributed by atoms with Crippen LogP contribution >= 0.6 is 15.9 Å². The minimum atomic E-state index is -0.890. The summed E-state index contributed by atoms with van der Waals surface area (Å²) in [5.41, 5.74) is 2.67. The Bertz CT molecular complexity index is 648. The second kappa shape index (κ2) is 5.90. The molecule has 0 radical (unpaired) electrons. The van der Waals surface area contributed by atoms with Crippen LogP contribution in [0, 0.1) is 0 Å². The van der Waals surface area contributed by atoms with Crippen LogP contribution in [0.5, 0.6) is 0 Å². The second-order valence-corrected chi connectivity index (χ2v) is 6.27. The van der Waals surface area contributed by atoms with E-state index >= 15 is 0 Å². The van der Waals surface area contributed by atoms with Crippen molar-refractivity contribution in [3.05, 3.63) is 64.1 Å². The van der Waals surface area contributed by atoms with Crippen LogP contribution in [-0.2, 0) is 0 Å². The number of halogens is 1. The van der Waals surface area contributed by atoms with E-state index in [-0.39, 0.29) is 0 Å². The Hall–Kier alpha value is -1.81. The number of carbonyl (C=O) groups is 1. The van der Waals surface area contributed by atoms with Crippen molar-refractivity contribution in [2.45, 2.75) is 24.8 Å². The summed E-state index contributed by atoms with van der Waals surface area (Å²) in [5, 5.41) is 12.3. The Balaban J connectivity index is 1.57. The van der Waals surface area contributed by atoms with Crippen molar-refractivity contribution in [1.82, 2.24) is 0 Å². The fourth-order valence-electron chi connectivity index (χ4n) is 2.74. The number of hydrogen-bond donors (Lipinski definition) is 2. The third kappa shape index (κ3) is 3.10. The molecule has 1 saturated carbocycles. The second-order valence-electron chi connectivity index (χ2n) is 5.41. The van der Waals surface area contributed by atoms with Crippen LogP contribution in [0.15, 0.2) is 53.0 Å². The lowest BCUT2D eigenvalue weighted by atomic mass is 9.76. The monoisotopic (exact) mass is 345 g/mol. The van der Waals surface area contributed by atoms with Gasteiger partial charge in [0.05, 0.1) is 5.56 Å². The summed E-state index contributed by atoms with van der Waals surface area (Å²) >= 11 is 3.60. The van der Waals surface area contributed by atoms with Crippen molar-refractivity contribution in [3.8, 4) is 0 Å². The average Bonchev–Trinajstić information content (AvgIpc) is 2.44. The number of nitrogens with one attached hydrogen (secondary N) is 1. The summed E-state index contributed by atoms with van der Waals surface area (Å²) in [6, 6.07) is 15.7. The zero-order valence-electron chi connectivity index (χ0n) is 11.4. The van der Waals surface area contributed by atoms with Gasteiger partial charge >= 0.3 is 5.97 Å². The number of aromatic carboxylic acids is 1. The molecule has 0 heterocycles. The first-order chi connectivity index (χ1) is 10.1. The molecule has 4 heteroatoms. The van der Waals surface area contributed by atoms with Crippen molar-refractivity contribution >= 4 is 27.6 Å². The van der Waals surface area contributed by atoms with Gasteiger partial charge in [-0.15, -0.1) is 0 Å². The maximum atomic E-state index is 10.8. The molecular formula is C17H16BrNO2. The lowest BCUT2D eigenvalue weighted by molar-refractivity contribution is 0.0697. The van der Waals surface area contributed by atoms with Crippen LogP contribution in [0.1, 0.15) is 34.7 Å². The summed E-state index contributed by atoms with van der Waals surface area (Å²) in [5.74, 6) is -0.296. The molecule has 2 aromatic carbocycles. The highest BCUT2D eigenvalue weighted by Gasteiger charge is 2.31. The third-order valence-corrected chi connectivity index (χ3v) is 4.71. The molecule has 0 aromatic heterocycles. The number of anilines is 1. The first kappa shape index (κ1) is 14.1. The van der Waals surface area contributed by atoms with Gasteiger partial charge < -0.3 is 10.4 Å². The zero-order chi connectivity index (χ0) is 14.8. The van der Waals surface area contributed by atoms with E-state index in [0.29, 0.717) is 17.5 Å². The van der Waals surface area contributed by atoms with Gasteiger partial charge in [0.25, 0.3) is 0 Å². The normalized spacial score (nSPS) is 20.6. The Morgan fingerprint density at radius 1 is 1.10 bits per heavy atom. The van der Waals surface area contributed by atoms with Crippen LogP contribution in [0.2, 0.25) is 0 Å². The molecule has 0 saturated heterocycles. The number of benzene rings is 2. The van der Waals surface area contributed by atoms with E-state index in [1.54, 1.807) is 12.1 Å². The standard InChI is InChI=1S/C17H16BrNO2/c18-16-4-2-1-3-15(16)12-9-14(10-12)19-13-7-5-11(6-8-13)17(20)21/h1-8,12,14,19H,9-10H2,(H,20,21). The molecule has 3 rings (SSSR count). The van der Waals surface area contributed by atoms with E-state index in [1.165, 1.54) is 10.0 Å². The quantitative estimate of drug-likeness (QED) is 0.857. The molecular weight excluding hydrogens is 330 g/mol. The van der Waals surface area contributed by atoms with Crippen LogP contribution in [0.3, 0.4) is 0 Å². The highest BCUT2D eigenvalue weighted by Crippen LogP contribution is 2.41. The van der Waals surface area contributed by atoms with E-state index in [2.05, 4.69) is 39.4 Å². The topological polar surface area (TPSA) is 49.3 Å². The van der Waals surface area contributed by atoms with Gasteiger partial charge in [0, 0.05) is 16.2 Å². The summed E-state index contributed by atoms with van der Waals surface area (Å²) in [6.45, 7) is 0. The van der Waals surface area contributed by atoms with Gasteiger partial charge in [-0.3, -0.25) is 0 Å².